The highest BCUT2D eigenvalue weighted by Gasteiger charge is 2.19. The molecule has 18 heavy (non-hydrogen) atoms. The number of rotatable bonds is 3. The van der Waals surface area contributed by atoms with Crippen molar-refractivity contribution >= 4 is 17.2 Å². The molecule has 0 atom stereocenters. The van der Waals surface area contributed by atoms with Crippen LogP contribution in [0.1, 0.15) is 18.2 Å². The predicted molar refractivity (Wildman–Crippen MR) is 70.7 cm³/mol. The molecule has 1 aliphatic heterocycles. The van der Waals surface area contributed by atoms with Gasteiger partial charge in [0.2, 0.25) is 0 Å². The van der Waals surface area contributed by atoms with Crippen molar-refractivity contribution in [1.29, 1.82) is 0 Å². The van der Waals surface area contributed by atoms with E-state index in [1.54, 1.807) is 17.5 Å². The van der Waals surface area contributed by atoms with Gasteiger partial charge in [-0.05, 0) is 6.92 Å². The molecule has 6 heteroatoms. The average molecular weight is 262 g/mol. The van der Waals surface area contributed by atoms with Crippen LogP contribution < -0.4 is 5.32 Å². The Balaban J connectivity index is 2.09. The lowest BCUT2D eigenvalue weighted by Crippen LogP contribution is -2.17. The molecule has 0 fully saturated rings. The maximum Gasteiger partial charge on any atom is 0.190 e. The maximum atomic E-state index is 5.48. The van der Waals surface area contributed by atoms with E-state index in [-0.39, 0.29) is 0 Å². The number of fused-ring (bicyclic) bond motifs is 1. The van der Waals surface area contributed by atoms with E-state index >= 15 is 0 Å². The van der Waals surface area contributed by atoms with E-state index in [2.05, 4.69) is 27.2 Å². The van der Waals surface area contributed by atoms with E-state index in [1.165, 1.54) is 0 Å². The van der Waals surface area contributed by atoms with E-state index in [9.17, 15) is 0 Å². The van der Waals surface area contributed by atoms with E-state index < -0.39 is 0 Å². The second-order valence-electron chi connectivity index (χ2n) is 3.99. The summed E-state index contributed by atoms with van der Waals surface area (Å²) in [6.07, 6.45) is 2.62. The van der Waals surface area contributed by atoms with E-state index in [4.69, 9.17) is 4.74 Å². The topological polar surface area (TPSA) is 59.9 Å². The minimum Gasteiger partial charge on any atom is -0.376 e. The molecule has 2 aromatic heterocycles. The molecule has 94 valence electrons. The lowest BCUT2D eigenvalue weighted by atomic mass is 10.1. The maximum absolute atomic E-state index is 5.48. The Morgan fingerprint density at radius 1 is 1.44 bits per heavy atom. The summed E-state index contributed by atoms with van der Waals surface area (Å²) >= 11 is 1.56. The lowest BCUT2D eigenvalue weighted by Gasteiger charge is -2.19. The zero-order valence-electron chi connectivity index (χ0n) is 10.1. The van der Waals surface area contributed by atoms with Gasteiger partial charge in [0.15, 0.2) is 10.8 Å². The molecule has 0 amide bonds. The molecule has 0 radical (unpaired) electrons. The molecule has 5 nitrogen and oxygen atoms in total. The molecule has 3 rings (SSSR count). The minimum absolute atomic E-state index is 0.593. The minimum atomic E-state index is 0.593. The second kappa shape index (κ2) is 4.99. The second-order valence-corrected chi connectivity index (χ2v) is 4.89. The van der Waals surface area contributed by atoms with Gasteiger partial charge in [0.05, 0.1) is 18.9 Å². The van der Waals surface area contributed by atoms with Gasteiger partial charge in [-0.1, -0.05) is 0 Å². The molecule has 0 saturated heterocycles. The zero-order valence-corrected chi connectivity index (χ0v) is 11.0. The van der Waals surface area contributed by atoms with Crippen molar-refractivity contribution in [3.63, 3.8) is 0 Å². The lowest BCUT2D eigenvalue weighted by molar-refractivity contribution is 0.109. The van der Waals surface area contributed by atoms with E-state index in [0.717, 1.165) is 41.7 Å². The quantitative estimate of drug-likeness (QED) is 0.918. The summed E-state index contributed by atoms with van der Waals surface area (Å²) in [5.41, 5.74) is 2.17. The van der Waals surface area contributed by atoms with Gasteiger partial charge in [0.1, 0.15) is 5.82 Å². The Morgan fingerprint density at radius 2 is 2.39 bits per heavy atom. The Hall–Kier alpha value is -1.53. The van der Waals surface area contributed by atoms with Crippen molar-refractivity contribution in [3.8, 4) is 10.8 Å². The first-order valence-corrected chi connectivity index (χ1v) is 6.87. The predicted octanol–water partition coefficient (Wildman–Crippen LogP) is 2.10. The Kier molecular flexibility index (Phi) is 3.21. The van der Waals surface area contributed by atoms with E-state index in [0.29, 0.717) is 12.4 Å². The smallest absolute Gasteiger partial charge is 0.190 e. The van der Waals surface area contributed by atoms with Crippen LogP contribution in [-0.4, -0.2) is 28.1 Å². The number of nitrogens with zero attached hydrogens (tertiary/aromatic N) is 3. The average Bonchev–Trinajstić information content (AvgIpc) is 2.93. The number of hydrogen-bond acceptors (Lipinski definition) is 6. The fourth-order valence-corrected chi connectivity index (χ4v) is 2.54. The summed E-state index contributed by atoms with van der Waals surface area (Å²) in [5.74, 6) is 1.59. The largest absolute Gasteiger partial charge is 0.376 e. The standard InChI is InChI=1S/C12H14N4OS/c1-2-13-10-8-7-17-5-3-9(8)15-11(16-10)12-14-4-6-18-12/h4,6H,2-3,5,7H2,1H3,(H,13,15,16). The first-order valence-electron chi connectivity index (χ1n) is 5.99. The zero-order chi connectivity index (χ0) is 12.4. The summed E-state index contributed by atoms with van der Waals surface area (Å²) in [5, 5.41) is 6.09. The van der Waals surface area contributed by atoms with Crippen molar-refractivity contribution in [2.75, 3.05) is 18.5 Å². The molecular formula is C12H14N4OS. The van der Waals surface area contributed by atoms with Crippen molar-refractivity contribution in [2.45, 2.75) is 20.0 Å². The summed E-state index contributed by atoms with van der Waals surface area (Å²) in [4.78, 5) is 13.5. The number of anilines is 1. The molecule has 1 N–H and O–H groups in total. The summed E-state index contributed by atoms with van der Waals surface area (Å²) < 4.78 is 5.48. The number of aromatic nitrogens is 3. The number of hydrogen-bond donors (Lipinski definition) is 1. The Labute approximate surface area is 109 Å². The van der Waals surface area contributed by atoms with Gasteiger partial charge in [0.25, 0.3) is 0 Å². The van der Waals surface area contributed by atoms with Crippen LogP contribution >= 0.6 is 11.3 Å². The molecule has 0 unspecified atom stereocenters. The SMILES string of the molecule is CCNc1nc(-c2nccs2)nc2c1COCC2. The van der Waals surface area contributed by atoms with Crippen LogP contribution in [0.3, 0.4) is 0 Å². The van der Waals surface area contributed by atoms with Gasteiger partial charge in [-0.15, -0.1) is 11.3 Å². The van der Waals surface area contributed by atoms with Gasteiger partial charge in [-0.3, -0.25) is 0 Å². The molecule has 0 spiro atoms. The number of thiazole rings is 1. The van der Waals surface area contributed by atoms with Crippen LogP contribution in [0.25, 0.3) is 10.8 Å². The van der Waals surface area contributed by atoms with Crippen LogP contribution in [0.15, 0.2) is 11.6 Å². The monoisotopic (exact) mass is 262 g/mol. The molecule has 0 aromatic carbocycles. The van der Waals surface area contributed by atoms with Crippen molar-refractivity contribution < 1.29 is 4.74 Å². The van der Waals surface area contributed by atoms with Gasteiger partial charge in [-0.25, -0.2) is 15.0 Å². The highest BCUT2D eigenvalue weighted by Crippen LogP contribution is 2.26. The Bertz CT molecular complexity index is 541. The van der Waals surface area contributed by atoms with Crippen LogP contribution in [0.2, 0.25) is 0 Å². The highest BCUT2D eigenvalue weighted by molar-refractivity contribution is 7.13. The highest BCUT2D eigenvalue weighted by atomic mass is 32.1. The molecule has 1 aliphatic rings. The molecular weight excluding hydrogens is 248 g/mol. The van der Waals surface area contributed by atoms with Crippen molar-refractivity contribution in [2.24, 2.45) is 0 Å². The molecule has 3 heterocycles. The third kappa shape index (κ3) is 2.09. The first kappa shape index (κ1) is 11.6. The van der Waals surface area contributed by atoms with Crippen molar-refractivity contribution in [1.82, 2.24) is 15.0 Å². The fraction of sp³-hybridized carbons (Fsp3) is 0.417. The van der Waals surface area contributed by atoms with Crippen LogP contribution in [0, 0.1) is 0 Å². The van der Waals surface area contributed by atoms with Crippen LogP contribution in [-0.2, 0) is 17.8 Å². The number of nitrogens with one attached hydrogen (secondary N) is 1. The number of ether oxygens (including phenoxy) is 1. The summed E-state index contributed by atoms with van der Waals surface area (Å²) in [6, 6.07) is 0. The van der Waals surface area contributed by atoms with Gasteiger partial charge in [-0.2, -0.15) is 0 Å². The van der Waals surface area contributed by atoms with Crippen LogP contribution in [0.4, 0.5) is 5.82 Å². The Morgan fingerprint density at radius 3 is 3.17 bits per heavy atom. The first-order chi connectivity index (χ1) is 8.88. The molecule has 0 bridgehead atoms. The third-order valence-electron chi connectivity index (χ3n) is 2.79. The van der Waals surface area contributed by atoms with Crippen molar-refractivity contribution in [3.05, 3.63) is 22.8 Å². The van der Waals surface area contributed by atoms with Crippen LogP contribution in [0.5, 0.6) is 0 Å². The van der Waals surface area contributed by atoms with Gasteiger partial charge in [0, 0.05) is 30.1 Å². The fourth-order valence-electron chi connectivity index (χ4n) is 1.98. The molecule has 0 saturated carbocycles. The van der Waals surface area contributed by atoms with Gasteiger partial charge < -0.3 is 10.1 Å². The van der Waals surface area contributed by atoms with Gasteiger partial charge >= 0.3 is 0 Å². The third-order valence-corrected chi connectivity index (χ3v) is 3.56. The summed E-state index contributed by atoms with van der Waals surface area (Å²) in [6.45, 7) is 4.21. The molecule has 0 aliphatic carbocycles. The summed E-state index contributed by atoms with van der Waals surface area (Å²) in [7, 11) is 0. The normalized spacial score (nSPS) is 14.3. The molecule has 2 aromatic rings. The van der Waals surface area contributed by atoms with E-state index in [1.807, 2.05) is 5.38 Å².